The van der Waals surface area contributed by atoms with Crippen LogP contribution in [0.25, 0.3) is 0 Å². The number of aryl methyl sites for hydroxylation is 1. The zero-order valence-corrected chi connectivity index (χ0v) is 9.33. The van der Waals surface area contributed by atoms with E-state index in [9.17, 15) is 4.79 Å². The molecule has 17 heavy (non-hydrogen) atoms. The summed E-state index contributed by atoms with van der Waals surface area (Å²) in [5.74, 6) is -0.330. The first kappa shape index (κ1) is 11.2. The number of carboxylic acids is 1. The van der Waals surface area contributed by atoms with Crippen molar-refractivity contribution in [1.29, 1.82) is 0 Å². The molecule has 0 saturated heterocycles. The lowest BCUT2D eigenvalue weighted by Gasteiger charge is -2.06. The molecule has 1 heterocycles. The van der Waals surface area contributed by atoms with Crippen molar-refractivity contribution in [3.63, 3.8) is 0 Å². The maximum Gasteiger partial charge on any atom is 0.336 e. The third kappa shape index (κ3) is 2.63. The molecular weight excluding hydrogens is 220 g/mol. The number of carboxylic acid groups (broad SMARTS) is 1. The molecule has 2 rings (SSSR count). The van der Waals surface area contributed by atoms with E-state index in [0.29, 0.717) is 11.3 Å². The van der Waals surface area contributed by atoms with Crippen LogP contribution in [0, 0.1) is 0 Å². The highest BCUT2D eigenvalue weighted by atomic mass is 16.5. The van der Waals surface area contributed by atoms with E-state index in [0.717, 1.165) is 0 Å². The number of aromatic nitrogens is 2. The lowest BCUT2D eigenvalue weighted by atomic mass is 10.1. The first-order chi connectivity index (χ1) is 8.16. The van der Waals surface area contributed by atoms with Crippen molar-refractivity contribution < 1.29 is 14.6 Å². The van der Waals surface area contributed by atoms with Crippen molar-refractivity contribution in [1.82, 2.24) is 9.78 Å². The van der Waals surface area contributed by atoms with Gasteiger partial charge < -0.3 is 9.84 Å². The molecule has 0 amide bonds. The van der Waals surface area contributed by atoms with Crippen molar-refractivity contribution in [2.75, 3.05) is 0 Å². The minimum Gasteiger partial charge on any atom is -0.486 e. The van der Waals surface area contributed by atoms with Crippen LogP contribution in [0.2, 0.25) is 0 Å². The molecule has 1 aromatic heterocycles. The van der Waals surface area contributed by atoms with Gasteiger partial charge in [-0.25, -0.2) is 4.79 Å². The minimum absolute atomic E-state index is 0.216. The van der Waals surface area contributed by atoms with Crippen LogP contribution in [-0.2, 0) is 13.7 Å². The van der Waals surface area contributed by atoms with E-state index < -0.39 is 5.97 Å². The van der Waals surface area contributed by atoms with Gasteiger partial charge in [-0.15, -0.1) is 0 Å². The van der Waals surface area contributed by atoms with Gasteiger partial charge in [-0.3, -0.25) is 4.68 Å². The third-order valence-corrected chi connectivity index (χ3v) is 2.32. The Labute approximate surface area is 98.3 Å². The molecule has 0 unspecified atom stereocenters. The molecule has 0 fully saturated rings. The van der Waals surface area contributed by atoms with Gasteiger partial charge in [0.25, 0.3) is 0 Å². The molecule has 5 heteroatoms. The van der Waals surface area contributed by atoms with Gasteiger partial charge in [-0.2, -0.15) is 5.10 Å². The number of rotatable bonds is 4. The number of ether oxygens (including phenoxy) is 1. The normalized spacial score (nSPS) is 10.2. The third-order valence-electron chi connectivity index (χ3n) is 2.32. The SMILES string of the molecule is Cn1cc(OCc2ccccc2C(=O)O)cn1. The van der Waals surface area contributed by atoms with Crippen LogP contribution in [0.5, 0.6) is 5.75 Å². The van der Waals surface area contributed by atoms with E-state index in [2.05, 4.69) is 5.10 Å². The quantitative estimate of drug-likeness (QED) is 0.871. The molecule has 0 aliphatic carbocycles. The fourth-order valence-corrected chi connectivity index (χ4v) is 1.49. The van der Waals surface area contributed by atoms with E-state index in [1.807, 2.05) is 0 Å². The molecule has 5 nitrogen and oxygen atoms in total. The van der Waals surface area contributed by atoms with Crippen LogP contribution in [0.1, 0.15) is 15.9 Å². The van der Waals surface area contributed by atoms with Crippen LogP contribution in [0.4, 0.5) is 0 Å². The molecular formula is C12H12N2O3. The lowest BCUT2D eigenvalue weighted by molar-refractivity contribution is 0.0694. The first-order valence-corrected chi connectivity index (χ1v) is 5.09. The molecule has 0 spiro atoms. The van der Waals surface area contributed by atoms with Gasteiger partial charge in [0.1, 0.15) is 6.61 Å². The summed E-state index contributed by atoms with van der Waals surface area (Å²) in [4.78, 5) is 11.0. The Hall–Kier alpha value is -2.30. The molecule has 2 aromatic rings. The van der Waals surface area contributed by atoms with Gasteiger partial charge in [0, 0.05) is 12.6 Å². The Morgan fingerprint density at radius 3 is 2.88 bits per heavy atom. The van der Waals surface area contributed by atoms with Gasteiger partial charge in [0.15, 0.2) is 5.75 Å². The molecule has 1 N–H and O–H groups in total. The molecule has 0 saturated carbocycles. The smallest absolute Gasteiger partial charge is 0.336 e. The summed E-state index contributed by atoms with van der Waals surface area (Å²) in [6.45, 7) is 0.216. The summed E-state index contributed by atoms with van der Waals surface area (Å²) in [6, 6.07) is 6.77. The maximum atomic E-state index is 11.0. The summed E-state index contributed by atoms with van der Waals surface area (Å²) in [7, 11) is 1.79. The van der Waals surface area contributed by atoms with E-state index >= 15 is 0 Å². The first-order valence-electron chi connectivity index (χ1n) is 5.09. The maximum absolute atomic E-state index is 11.0. The predicted octanol–water partition coefficient (Wildman–Crippen LogP) is 1.70. The summed E-state index contributed by atoms with van der Waals surface area (Å²) in [5, 5.41) is 13.0. The van der Waals surface area contributed by atoms with Crippen molar-refractivity contribution in [2.45, 2.75) is 6.61 Å². The van der Waals surface area contributed by atoms with Gasteiger partial charge in [0.05, 0.1) is 18.0 Å². The Bertz CT molecular complexity index is 534. The minimum atomic E-state index is -0.949. The number of hydrogen-bond acceptors (Lipinski definition) is 3. The molecule has 88 valence electrons. The predicted molar refractivity (Wildman–Crippen MR) is 60.9 cm³/mol. The largest absolute Gasteiger partial charge is 0.486 e. The Morgan fingerprint density at radius 2 is 2.24 bits per heavy atom. The van der Waals surface area contributed by atoms with Gasteiger partial charge in [-0.1, -0.05) is 18.2 Å². The molecule has 1 aromatic carbocycles. The zero-order valence-electron chi connectivity index (χ0n) is 9.33. The van der Waals surface area contributed by atoms with Crippen molar-refractivity contribution >= 4 is 5.97 Å². The van der Waals surface area contributed by atoms with Crippen LogP contribution < -0.4 is 4.74 Å². The van der Waals surface area contributed by atoms with Crippen molar-refractivity contribution in [3.8, 4) is 5.75 Å². The number of benzene rings is 1. The summed E-state index contributed by atoms with van der Waals surface area (Å²) >= 11 is 0. The lowest BCUT2D eigenvalue weighted by Crippen LogP contribution is -2.05. The Kier molecular flexibility index (Phi) is 3.09. The molecule has 0 atom stereocenters. The highest BCUT2D eigenvalue weighted by Gasteiger charge is 2.09. The second-order valence-electron chi connectivity index (χ2n) is 3.60. The molecule has 0 aliphatic rings. The monoisotopic (exact) mass is 232 g/mol. The molecule has 0 aliphatic heterocycles. The zero-order chi connectivity index (χ0) is 12.3. The van der Waals surface area contributed by atoms with Crippen molar-refractivity contribution in [2.24, 2.45) is 7.05 Å². The average Bonchev–Trinajstić information content (AvgIpc) is 2.73. The van der Waals surface area contributed by atoms with Crippen LogP contribution in [-0.4, -0.2) is 20.9 Å². The fourth-order valence-electron chi connectivity index (χ4n) is 1.49. The summed E-state index contributed by atoms with van der Waals surface area (Å²) in [5.41, 5.74) is 0.903. The van der Waals surface area contributed by atoms with Crippen LogP contribution >= 0.6 is 0 Å². The summed E-state index contributed by atoms with van der Waals surface area (Å²) < 4.78 is 7.08. The van der Waals surface area contributed by atoms with Crippen LogP contribution in [0.15, 0.2) is 36.7 Å². The second-order valence-corrected chi connectivity index (χ2v) is 3.60. The second kappa shape index (κ2) is 4.69. The number of nitrogens with zero attached hydrogens (tertiary/aromatic N) is 2. The standard InChI is InChI=1S/C12H12N2O3/c1-14-7-10(6-13-14)17-8-9-4-2-3-5-11(9)12(15)16/h2-7H,8H2,1H3,(H,15,16). The molecule has 0 radical (unpaired) electrons. The summed E-state index contributed by atoms with van der Waals surface area (Å²) in [6.07, 6.45) is 3.31. The van der Waals surface area contributed by atoms with E-state index in [1.165, 1.54) is 0 Å². The van der Waals surface area contributed by atoms with Crippen molar-refractivity contribution in [3.05, 3.63) is 47.8 Å². The molecule has 0 bridgehead atoms. The Balaban J connectivity index is 2.11. The van der Waals surface area contributed by atoms with Gasteiger partial charge in [-0.05, 0) is 6.07 Å². The average molecular weight is 232 g/mol. The van der Waals surface area contributed by atoms with E-state index in [1.54, 1.807) is 48.4 Å². The van der Waals surface area contributed by atoms with Crippen LogP contribution in [0.3, 0.4) is 0 Å². The highest BCUT2D eigenvalue weighted by molar-refractivity contribution is 5.89. The Morgan fingerprint density at radius 1 is 1.47 bits per heavy atom. The number of carbonyl (C=O) groups is 1. The highest BCUT2D eigenvalue weighted by Crippen LogP contribution is 2.14. The van der Waals surface area contributed by atoms with E-state index in [4.69, 9.17) is 9.84 Å². The van der Waals surface area contributed by atoms with E-state index in [-0.39, 0.29) is 12.2 Å². The number of hydrogen-bond donors (Lipinski definition) is 1. The van der Waals surface area contributed by atoms with Gasteiger partial charge in [0.2, 0.25) is 0 Å². The topological polar surface area (TPSA) is 64.3 Å². The fraction of sp³-hybridized carbons (Fsp3) is 0.167. The number of aromatic carboxylic acids is 1. The van der Waals surface area contributed by atoms with Gasteiger partial charge >= 0.3 is 5.97 Å².